The zero-order valence-electron chi connectivity index (χ0n) is 11.1. The zero-order chi connectivity index (χ0) is 20.0. The van der Waals surface area contributed by atoms with Gasteiger partial charge in [0.2, 0.25) is 29.1 Å². The molecule has 0 amide bonds. The Hall–Kier alpha value is -1.89. The Balaban J connectivity index is 3.21. The van der Waals surface area contributed by atoms with E-state index in [4.69, 9.17) is 0 Å². The van der Waals surface area contributed by atoms with Gasteiger partial charge < -0.3 is 4.74 Å². The molecule has 1 aromatic rings. The van der Waals surface area contributed by atoms with Crippen LogP contribution < -0.4 is 4.74 Å². The van der Waals surface area contributed by atoms with Crippen LogP contribution >= 0.6 is 0 Å². The van der Waals surface area contributed by atoms with Gasteiger partial charge in [-0.25, -0.2) is 22.0 Å². The van der Waals surface area contributed by atoms with Crippen LogP contribution in [-0.2, 0) is 0 Å². The summed E-state index contributed by atoms with van der Waals surface area (Å²) >= 11 is 0. The molecule has 0 saturated heterocycles. The average Bonchev–Trinajstić information content (AvgIpc) is 2.50. The van der Waals surface area contributed by atoms with Gasteiger partial charge in [-0.15, -0.1) is 0 Å². The first-order chi connectivity index (χ1) is 11.1. The summed E-state index contributed by atoms with van der Waals surface area (Å²) in [6.45, 7) is -3.10. The summed E-state index contributed by atoms with van der Waals surface area (Å²) in [7, 11) is 0. The van der Waals surface area contributed by atoms with E-state index < -0.39 is 65.6 Å². The van der Waals surface area contributed by atoms with Crippen molar-refractivity contribution >= 4 is 0 Å². The lowest BCUT2D eigenvalue weighted by Gasteiger charge is -2.32. The van der Waals surface area contributed by atoms with Gasteiger partial charge in [0.15, 0.2) is 12.4 Å². The molecule has 0 N–H and O–H groups in total. The molecular weight excluding hydrogens is 395 g/mol. The van der Waals surface area contributed by atoms with E-state index in [0.29, 0.717) is 0 Å². The first kappa shape index (κ1) is 21.2. The summed E-state index contributed by atoms with van der Waals surface area (Å²) in [4.78, 5) is 0. The molecule has 0 atom stereocenters. The second-order valence-electron chi connectivity index (χ2n) is 4.39. The van der Waals surface area contributed by atoms with Crippen LogP contribution in [-0.4, -0.2) is 30.8 Å². The van der Waals surface area contributed by atoms with Crippen molar-refractivity contribution in [3.63, 3.8) is 0 Å². The standard InChI is InChI=1S/C11H3F13O/c12-2-3(13)5(15)7(6(16)4(2)14)25-1-9(19,20)11(23,24)10(21,22)8(17)18/h8H,1H2. The summed E-state index contributed by atoms with van der Waals surface area (Å²) in [6, 6.07) is 0. The van der Waals surface area contributed by atoms with Gasteiger partial charge in [-0.05, 0) is 0 Å². The Morgan fingerprint density at radius 1 is 0.680 bits per heavy atom. The second-order valence-corrected chi connectivity index (χ2v) is 4.39. The topological polar surface area (TPSA) is 9.23 Å². The van der Waals surface area contributed by atoms with Crippen molar-refractivity contribution in [2.45, 2.75) is 24.2 Å². The number of hydrogen-bond acceptors (Lipinski definition) is 1. The number of alkyl halides is 8. The van der Waals surface area contributed by atoms with E-state index in [2.05, 4.69) is 4.74 Å². The van der Waals surface area contributed by atoms with Gasteiger partial charge in [0.1, 0.15) is 0 Å². The highest BCUT2D eigenvalue weighted by molar-refractivity contribution is 5.30. The van der Waals surface area contributed by atoms with Gasteiger partial charge in [0.25, 0.3) is 0 Å². The van der Waals surface area contributed by atoms with Crippen molar-refractivity contribution < 1.29 is 61.8 Å². The molecule has 0 saturated carbocycles. The molecule has 1 nitrogen and oxygen atoms in total. The predicted molar refractivity (Wildman–Crippen MR) is 52.6 cm³/mol. The molecule has 25 heavy (non-hydrogen) atoms. The molecular formula is C11H3F13O. The third kappa shape index (κ3) is 3.29. The molecule has 14 heteroatoms. The summed E-state index contributed by atoms with van der Waals surface area (Å²) in [5, 5.41) is 0. The van der Waals surface area contributed by atoms with E-state index in [1.54, 1.807) is 0 Å². The Kier molecular flexibility index (Phi) is 5.45. The van der Waals surface area contributed by atoms with E-state index in [0.717, 1.165) is 0 Å². The minimum atomic E-state index is -6.78. The van der Waals surface area contributed by atoms with Crippen molar-refractivity contribution in [3.05, 3.63) is 29.1 Å². The van der Waals surface area contributed by atoms with E-state index in [9.17, 15) is 57.1 Å². The van der Waals surface area contributed by atoms with Crippen LogP contribution in [0.1, 0.15) is 0 Å². The predicted octanol–water partition coefficient (Wildman–Crippen LogP) is 4.93. The van der Waals surface area contributed by atoms with Crippen LogP contribution in [0.5, 0.6) is 5.75 Å². The lowest BCUT2D eigenvalue weighted by molar-refractivity contribution is -0.342. The van der Waals surface area contributed by atoms with Gasteiger partial charge in [-0.2, -0.15) is 35.1 Å². The van der Waals surface area contributed by atoms with Crippen LogP contribution in [0.4, 0.5) is 57.1 Å². The van der Waals surface area contributed by atoms with Gasteiger partial charge in [-0.1, -0.05) is 0 Å². The Morgan fingerprint density at radius 3 is 1.40 bits per heavy atom. The molecule has 0 heterocycles. The fourth-order valence-electron chi connectivity index (χ4n) is 1.35. The van der Waals surface area contributed by atoms with Crippen LogP contribution in [0.3, 0.4) is 0 Å². The quantitative estimate of drug-likeness (QED) is 0.375. The summed E-state index contributed by atoms with van der Waals surface area (Å²) in [5.41, 5.74) is 0. The van der Waals surface area contributed by atoms with Crippen molar-refractivity contribution in [3.8, 4) is 5.75 Å². The van der Waals surface area contributed by atoms with Crippen molar-refractivity contribution in [2.24, 2.45) is 0 Å². The monoisotopic (exact) mass is 398 g/mol. The fraction of sp³-hybridized carbons (Fsp3) is 0.455. The minimum absolute atomic E-state index is 2.48. The van der Waals surface area contributed by atoms with Crippen LogP contribution in [0.2, 0.25) is 0 Å². The maximum absolute atomic E-state index is 13.1. The van der Waals surface area contributed by atoms with Crippen LogP contribution in [0.25, 0.3) is 0 Å². The Labute approximate surface area is 129 Å². The Morgan fingerprint density at radius 2 is 1.04 bits per heavy atom. The molecule has 0 fully saturated rings. The highest BCUT2D eigenvalue weighted by atomic mass is 19.4. The minimum Gasteiger partial charge on any atom is -0.481 e. The zero-order valence-corrected chi connectivity index (χ0v) is 11.1. The Bertz CT molecular complexity index is 625. The van der Waals surface area contributed by atoms with E-state index in [1.807, 2.05) is 0 Å². The number of halogens is 13. The number of ether oxygens (including phenoxy) is 1. The van der Waals surface area contributed by atoms with Crippen LogP contribution in [0.15, 0.2) is 0 Å². The maximum atomic E-state index is 13.1. The molecule has 1 rings (SSSR count). The summed E-state index contributed by atoms with van der Waals surface area (Å²) < 4.78 is 168. The SMILES string of the molecule is Fc1c(F)c(F)c(OCC(F)(F)C(F)(F)C(F)(F)C(F)F)c(F)c1F. The highest BCUT2D eigenvalue weighted by Crippen LogP contribution is 2.48. The lowest BCUT2D eigenvalue weighted by atomic mass is 10.1. The largest absolute Gasteiger partial charge is 0.481 e. The lowest BCUT2D eigenvalue weighted by Crippen LogP contribution is -2.59. The molecule has 0 radical (unpaired) electrons. The molecule has 0 aliphatic rings. The summed E-state index contributed by atoms with van der Waals surface area (Å²) in [5.74, 6) is -35.9. The number of rotatable bonds is 6. The summed E-state index contributed by atoms with van der Waals surface area (Å²) in [6.07, 6.45) is -5.26. The second kappa shape index (κ2) is 6.44. The van der Waals surface area contributed by atoms with E-state index in [1.165, 1.54) is 0 Å². The van der Waals surface area contributed by atoms with E-state index >= 15 is 0 Å². The van der Waals surface area contributed by atoms with Crippen molar-refractivity contribution in [1.29, 1.82) is 0 Å². The van der Waals surface area contributed by atoms with Crippen molar-refractivity contribution in [2.75, 3.05) is 6.61 Å². The van der Waals surface area contributed by atoms with Gasteiger partial charge in [0, 0.05) is 0 Å². The molecule has 0 spiro atoms. The first-order valence-electron chi connectivity index (χ1n) is 5.65. The van der Waals surface area contributed by atoms with Crippen LogP contribution in [0, 0.1) is 29.1 Å². The molecule has 1 aromatic carbocycles. The van der Waals surface area contributed by atoms with Gasteiger partial charge >= 0.3 is 24.2 Å². The normalized spacial score (nSPS) is 13.5. The van der Waals surface area contributed by atoms with E-state index in [-0.39, 0.29) is 0 Å². The molecule has 0 bridgehead atoms. The fourth-order valence-corrected chi connectivity index (χ4v) is 1.35. The molecule has 0 aliphatic carbocycles. The molecule has 144 valence electrons. The molecule has 0 aliphatic heterocycles. The number of hydrogen-bond donors (Lipinski definition) is 0. The number of benzene rings is 1. The average molecular weight is 398 g/mol. The highest BCUT2D eigenvalue weighted by Gasteiger charge is 2.75. The molecule has 0 aromatic heterocycles. The smallest absolute Gasteiger partial charge is 0.381 e. The third-order valence-electron chi connectivity index (χ3n) is 2.72. The maximum Gasteiger partial charge on any atom is 0.381 e. The van der Waals surface area contributed by atoms with Gasteiger partial charge in [-0.3, -0.25) is 0 Å². The third-order valence-corrected chi connectivity index (χ3v) is 2.72. The van der Waals surface area contributed by atoms with Crippen molar-refractivity contribution in [1.82, 2.24) is 0 Å². The van der Waals surface area contributed by atoms with Gasteiger partial charge in [0.05, 0.1) is 0 Å². The first-order valence-corrected chi connectivity index (χ1v) is 5.65. The molecule has 0 unspecified atom stereocenters.